The van der Waals surface area contributed by atoms with Gasteiger partial charge in [-0.25, -0.2) is 4.79 Å². The number of rotatable bonds is 5. The minimum atomic E-state index is 0.0384. The molecule has 2 aromatic rings. The van der Waals surface area contributed by atoms with E-state index in [2.05, 4.69) is 10.5 Å². The second-order valence-corrected chi connectivity index (χ2v) is 7.85. The third kappa shape index (κ3) is 4.90. The van der Waals surface area contributed by atoms with E-state index in [9.17, 15) is 4.79 Å². The van der Waals surface area contributed by atoms with Gasteiger partial charge in [0.15, 0.2) is 0 Å². The van der Waals surface area contributed by atoms with Crippen molar-refractivity contribution in [1.29, 1.82) is 0 Å². The molecule has 2 saturated heterocycles. The highest BCUT2D eigenvalue weighted by molar-refractivity contribution is 5.74. The highest BCUT2D eigenvalue weighted by Gasteiger charge is 2.29. The van der Waals surface area contributed by atoms with Gasteiger partial charge in [-0.3, -0.25) is 0 Å². The van der Waals surface area contributed by atoms with Gasteiger partial charge in [-0.05, 0) is 43.3 Å². The zero-order valence-electron chi connectivity index (χ0n) is 16.9. The number of hydrogen-bond acceptors (Lipinski definition) is 5. The standard InChI is InChI=1S/C22H29N3O4/c1-16-20(29-24-21(16)28-15-17-5-3-2-4-6-17)18-7-11-25(12-8-18)22(26)23-19-9-13-27-14-10-19/h2-6,18-19H,7-15H2,1H3,(H,23,26). The zero-order chi connectivity index (χ0) is 20.1. The minimum absolute atomic E-state index is 0.0384. The Morgan fingerprint density at radius 3 is 2.62 bits per heavy atom. The molecule has 3 heterocycles. The van der Waals surface area contributed by atoms with E-state index < -0.39 is 0 Å². The molecule has 1 aromatic heterocycles. The van der Waals surface area contributed by atoms with E-state index in [-0.39, 0.29) is 18.0 Å². The van der Waals surface area contributed by atoms with Gasteiger partial charge in [-0.2, -0.15) is 0 Å². The summed E-state index contributed by atoms with van der Waals surface area (Å²) in [4.78, 5) is 14.4. The number of carbonyl (C=O) groups is 1. The first-order chi connectivity index (χ1) is 14.2. The van der Waals surface area contributed by atoms with Crippen LogP contribution in [0.15, 0.2) is 34.9 Å². The van der Waals surface area contributed by atoms with E-state index in [1.54, 1.807) is 0 Å². The fourth-order valence-corrected chi connectivity index (χ4v) is 4.03. The third-order valence-corrected chi connectivity index (χ3v) is 5.84. The monoisotopic (exact) mass is 399 g/mol. The van der Waals surface area contributed by atoms with Gasteiger partial charge >= 0.3 is 6.03 Å². The quantitative estimate of drug-likeness (QED) is 0.831. The lowest BCUT2D eigenvalue weighted by Crippen LogP contribution is -2.49. The van der Waals surface area contributed by atoms with Gasteiger partial charge in [0, 0.05) is 38.3 Å². The molecule has 2 amide bonds. The van der Waals surface area contributed by atoms with E-state index in [4.69, 9.17) is 14.0 Å². The lowest BCUT2D eigenvalue weighted by molar-refractivity contribution is 0.0774. The maximum Gasteiger partial charge on any atom is 0.317 e. The molecule has 29 heavy (non-hydrogen) atoms. The number of urea groups is 1. The Balaban J connectivity index is 1.28. The van der Waals surface area contributed by atoms with Crippen molar-refractivity contribution in [3.63, 3.8) is 0 Å². The molecule has 7 heteroatoms. The SMILES string of the molecule is Cc1c(OCc2ccccc2)noc1C1CCN(C(=O)NC2CCOCC2)CC1. The van der Waals surface area contributed by atoms with Crippen molar-refractivity contribution in [2.24, 2.45) is 0 Å². The van der Waals surface area contributed by atoms with Crippen LogP contribution >= 0.6 is 0 Å². The molecule has 1 aromatic carbocycles. The molecule has 2 fully saturated rings. The molecule has 0 atom stereocenters. The molecule has 0 aliphatic carbocycles. The van der Waals surface area contributed by atoms with Crippen LogP contribution in [-0.2, 0) is 11.3 Å². The Hall–Kier alpha value is -2.54. The van der Waals surface area contributed by atoms with Gasteiger partial charge in [0.25, 0.3) is 5.88 Å². The van der Waals surface area contributed by atoms with Gasteiger partial charge < -0.3 is 24.2 Å². The van der Waals surface area contributed by atoms with E-state index in [0.29, 0.717) is 12.5 Å². The summed E-state index contributed by atoms with van der Waals surface area (Å²) in [6.45, 7) is 5.37. The summed E-state index contributed by atoms with van der Waals surface area (Å²) in [6, 6.07) is 10.3. The molecule has 4 rings (SSSR count). The van der Waals surface area contributed by atoms with Gasteiger partial charge in [0.2, 0.25) is 0 Å². The minimum Gasteiger partial charge on any atom is -0.470 e. The first-order valence-electron chi connectivity index (χ1n) is 10.5. The summed E-state index contributed by atoms with van der Waals surface area (Å²) in [7, 11) is 0. The summed E-state index contributed by atoms with van der Waals surface area (Å²) in [6.07, 6.45) is 3.53. The van der Waals surface area contributed by atoms with Crippen LogP contribution in [0.4, 0.5) is 4.79 Å². The van der Waals surface area contributed by atoms with E-state index in [0.717, 1.165) is 68.9 Å². The molecule has 1 N–H and O–H groups in total. The molecule has 0 bridgehead atoms. The fourth-order valence-electron chi connectivity index (χ4n) is 4.03. The zero-order valence-corrected chi connectivity index (χ0v) is 16.9. The summed E-state index contributed by atoms with van der Waals surface area (Å²) >= 11 is 0. The number of aromatic nitrogens is 1. The first kappa shape index (κ1) is 19.8. The average Bonchev–Trinajstić information content (AvgIpc) is 3.14. The number of likely N-dealkylation sites (tertiary alicyclic amines) is 1. The highest BCUT2D eigenvalue weighted by atomic mass is 16.5. The van der Waals surface area contributed by atoms with Crippen molar-refractivity contribution in [3.05, 3.63) is 47.2 Å². The van der Waals surface area contributed by atoms with E-state index >= 15 is 0 Å². The first-order valence-corrected chi connectivity index (χ1v) is 10.5. The number of nitrogens with zero attached hydrogens (tertiary/aromatic N) is 2. The van der Waals surface area contributed by atoms with Crippen molar-refractivity contribution in [3.8, 4) is 5.88 Å². The Kier molecular flexibility index (Phi) is 6.34. The molecule has 0 unspecified atom stereocenters. The Labute approximate surface area is 171 Å². The Bertz CT molecular complexity index is 794. The lowest BCUT2D eigenvalue weighted by Gasteiger charge is -2.33. The molecule has 0 saturated carbocycles. The molecule has 0 radical (unpaired) electrons. The summed E-state index contributed by atoms with van der Waals surface area (Å²) in [5.41, 5.74) is 2.06. The van der Waals surface area contributed by atoms with Crippen LogP contribution in [0, 0.1) is 6.92 Å². The average molecular weight is 399 g/mol. The molecule has 0 spiro atoms. The number of nitrogens with one attached hydrogen (secondary N) is 1. The normalized spacial score (nSPS) is 18.6. The number of carbonyl (C=O) groups excluding carboxylic acids is 1. The van der Waals surface area contributed by atoms with Gasteiger partial charge in [0.1, 0.15) is 12.4 Å². The number of amides is 2. The predicted molar refractivity (Wildman–Crippen MR) is 108 cm³/mol. The van der Waals surface area contributed by atoms with Gasteiger partial charge in [-0.1, -0.05) is 30.3 Å². The highest BCUT2D eigenvalue weighted by Crippen LogP contribution is 2.34. The van der Waals surface area contributed by atoms with Gasteiger partial charge in [0.05, 0.1) is 5.56 Å². The molecule has 7 nitrogen and oxygen atoms in total. The Morgan fingerprint density at radius 1 is 1.17 bits per heavy atom. The second-order valence-electron chi connectivity index (χ2n) is 7.85. The van der Waals surface area contributed by atoms with Crippen molar-refractivity contribution < 1.29 is 18.8 Å². The summed E-state index contributed by atoms with van der Waals surface area (Å²) < 4.78 is 16.8. The van der Waals surface area contributed by atoms with Crippen LogP contribution in [0.25, 0.3) is 0 Å². The fraction of sp³-hybridized carbons (Fsp3) is 0.545. The van der Waals surface area contributed by atoms with Crippen molar-refractivity contribution in [2.45, 2.75) is 51.2 Å². The van der Waals surface area contributed by atoms with Crippen LogP contribution in [0.3, 0.4) is 0 Å². The lowest BCUT2D eigenvalue weighted by atomic mass is 9.92. The number of benzene rings is 1. The maximum absolute atomic E-state index is 12.5. The van der Waals surface area contributed by atoms with Crippen LogP contribution < -0.4 is 10.1 Å². The molecule has 2 aliphatic heterocycles. The molecular formula is C22H29N3O4. The largest absolute Gasteiger partial charge is 0.470 e. The summed E-state index contributed by atoms with van der Waals surface area (Å²) in [5.74, 6) is 1.71. The van der Waals surface area contributed by atoms with Crippen LogP contribution in [0.5, 0.6) is 5.88 Å². The topological polar surface area (TPSA) is 76.8 Å². The smallest absolute Gasteiger partial charge is 0.317 e. The Morgan fingerprint density at radius 2 is 1.90 bits per heavy atom. The van der Waals surface area contributed by atoms with Crippen molar-refractivity contribution in [1.82, 2.24) is 15.4 Å². The molecular weight excluding hydrogens is 370 g/mol. The van der Waals surface area contributed by atoms with Gasteiger partial charge in [-0.15, -0.1) is 0 Å². The molecule has 156 valence electrons. The van der Waals surface area contributed by atoms with Crippen LogP contribution in [0.2, 0.25) is 0 Å². The number of hydrogen-bond donors (Lipinski definition) is 1. The summed E-state index contributed by atoms with van der Waals surface area (Å²) in [5, 5.41) is 7.28. The molecule has 2 aliphatic rings. The number of piperidine rings is 1. The van der Waals surface area contributed by atoms with E-state index in [1.807, 2.05) is 42.2 Å². The van der Waals surface area contributed by atoms with Crippen molar-refractivity contribution in [2.75, 3.05) is 26.3 Å². The maximum atomic E-state index is 12.5. The van der Waals surface area contributed by atoms with Crippen LogP contribution in [-0.4, -0.2) is 48.4 Å². The second kappa shape index (κ2) is 9.31. The van der Waals surface area contributed by atoms with Crippen LogP contribution in [0.1, 0.15) is 48.5 Å². The number of ether oxygens (including phenoxy) is 2. The van der Waals surface area contributed by atoms with Crippen molar-refractivity contribution >= 4 is 6.03 Å². The predicted octanol–water partition coefficient (Wildman–Crippen LogP) is 3.63. The van der Waals surface area contributed by atoms with E-state index in [1.165, 1.54) is 0 Å². The third-order valence-electron chi connectivity index (χ3n) is 5.84.